The maximum Gasteiger partial charge on any atom is 0.407 e. The number of benzene rings is 2. The van der Waals surface area contributed by atoms with E-state index in [-0.39, 0.29) is 24.3 Å². The topological polar surface area (TPSA) is 95.9 Å². The summed E-state index contributed by atoms with van der Waals surface area (Å²) in [6.45, 7) is 3.31. The van der Waals surface area contributed by atoms with E-state index >= 15 is 0 Å². The van der Waals surface area contributed by atoms with Crippen LogP contribution in [0.15, 0.2) is 48.5 Å². The van der Waals surface area contributed by atoms with Gasteiger partial charge in [0.15, 0.2) is 0 Å². The van der Waals surface area contributed by atoms with E-state index < -0.39 is 18.1 Å². The number of nitrogens with one attached hydrogen (secondary N) is 1. The van der Waals surface area contributed by atoms with Crippen LogP contribution in [-0.4, -0.2) is 53.7 Å². The Balaban J connectivity index is 1.18. The van der Waals surface area contributed by atoms with Crippen molar-refractivity contribution < 1.29 is 24.2 Å². The van der Waals surface area contributed by atoms with Crippen molar-refractivity contribution in [2.24, 2.45) is 5.92 Å². The molecule has 0 bridgehead atoms. The minimum Gasteiger partial charge on any atom is -0.480 e. The predicted octanol–water partition coefficient (Wildman–Crippen LogP) is 4.80. The first-order valence-corrected chi connectivity index (χ1v) is 12.6. The Morgan fingerprint density at radius 2 is 1.69 bits per heavy atom. The molecule has 2 aliphatic rings. The van der Waals surface area contributed by atoms with Crippen LogP contribution >= 0.6 is 0 Å². The fourth-order valence-electron chi connectivity index (χ4n) is 5.21. The minimum atomic E-state index is -0.918. The third-order valence-electron chi connectivity index (χ3n) is 7.21. The van der Waals surface area contributed by atoms with Gasteiger partial charge in [-0.3, -0.25) is 4.79 Å². The second-order valence-electron chi connectivity index (χ2n) is 9.62. The molecule has 2 N–H and O–H groups in total. The van der Waals surface area contributed by atoms with E-state index in [0.717, 1.165) is 19.3 Å². The lowest BCUT2D eigenvalue weighted by Gasteiger charge is -2.33. The average Bonchev–Trinajstić information content (AvgIpc) is 3.19. The van der Waals surface area contributed by atoms with Crippen molar-refractivity contribution in [3.05, 3.63) is 59.7 Å². The van der Waals surface area contributed by atoms with Gasteiger partial charge in [0, 0.05) is 25.4 Å². The summed E-state index contributed by atoms with van der Waals surface area (Å²) in [6.07, 6.45) is 3.51. The van der Waals surface area contributed by atoms with E-state index in [1.165, 1.54) is 27.2 Å². The third-order valence-corrected chi connectivity index (χ3v) is 7.21. The van der Waals surface area contributed by atoms with E-state index in [1.807, 2.05) is 31.2 Å². The summed E-state index contributed by atoms with van der Waals surface area (Å²) in [7, 11) is 0. The van der Waals surface area contributed by atoms with Gasteiger partial charge in [-0.25, -0.2) is 9.59 Å². The number of fused-ring (bicyclic) bond motifs is 3. The number of piperidine rings is 1. The number of alkyl carbamates (subject to hydrolysis) is 1. The Morgan fingerprint density at radius 3 is 2.34 bits per heavy atom. The highest BCUT2D eigenvalue weighted by molar-refractivity contribution is 5.84. The molecule has 1 saturated heterocycles. The molecule has 1 fully saturated rings. The van der Waals surface area contributed by atoms with Gasteiger partial charge >= 0.3 is 12.1 Å². The maximum absolute atomic E-state index is 12.6. The van der Waals surface area contributed by atoms with Crippen LogP contribution in [0.4, 0.5) is 4.79 Å². The fourth-order valence-corrected chi connectivity index (χ4v) is 5.21. The monoisotopic (exact) mass is 478 g/mol. The highest BCUT2D eigenvalue weighted by atomic mass is 16.5. The predicted molar refractivity (Wildman–Crippen MR) is 133 cm³/mol. The number of hydrogen-bond donors (Lipinski definition) is 2. The van der Waals surface area contributed by atoms with Gasteiger partial charge in [0.1, 0.15) is 12.6 Å². The van der Waals surface area contributed by atoms with Crippen molar-refractivity contribution in [1.29, 1.82) is 0 Å². The average molecular weight is 479 g/mol. The van der Waals surface area contributed by atoms with Crippen LogP contribution in [0.3, 0.4) is 0 Å². The zero-order valence-corrected chi connectivity index (χ0v) is 20.2. The van der Waals surface area contributed by atoms with E-state index in [9.17, 15) is 19.5 Å². The Hall–Kier alpha value is -3.35. The molecule has 1 unspecified atom stereocenters. The summed E-state index contributed by atoms with van der Waals surface area (Å²) in [5.74, 6) is -0.754. The quantitative estimate of drug-likeness (QED) is 0.540. The highest BCUT2D eigenvalue weighted by Crippen LogP contribution is 2.44. The summed E-state index contributed by atoms with van der Waals surface area (Å²) in [6, 6.07) is 15.8. The molecule has 2 aromatic carbocycles. The zero-order chi connectivity index (χ0) is 24.8. The first kappa shape index (κ1) is 24.8. The lowest BCUT2D eigenvalue weighted by Crippen LogP contribution is -2.48. The van der Waals surface area contributed by atoms with Crippen LogP contribution < -0.4 is 5.32 Å². The van der Waals surface area contributed by atoms with E-state index in [1.54, 1.807) is 0 Å². The Kier molecular flexibility index (Phi) is 8.06. The second-order valence-corrected chi connectivity index (χ2v) is 9.62. The van der Waals surface area contributed by atoms with Crippen LogP contribution in [0.5, 0.6) is 0 Å². The molecular formula is C28H34N2O5. The number of ether oxygens (including phenoxy) is 1. The van der Waals surface area contributed by atoms with Gasteiger partial charge in [-0.2, -0.15) is 0 Å². The number of aliphatic carboxylic acids is 1. The van der Waals surface area contributed by atoms with Crippen molar-refractivity contribution in [3.63, 3.8) is 0 Å². The number of carbonyl (C=O) groups excluding carboxylic acids is 2. The molecule has 2 amide bonds. The second kappa shape index (κ2) is 11.4. The van der Waals surface area contributed by atoms with Gasteiger partial charge < -0.3 is 20.1 Å². The number of rotatable bonds is 9. The summed E-state index contributed by atoms with van der Waals surface area (Å²) < 4.78 is 5.57. The lowest BCUT2D eigenvalue weighted by molar-refractivity contribution is -0.152. The van der Waals surface area contributed by atoms with Gasteiger partial charge in [-0.15, -0.1) is 0 Å². The Bertz CT molecular complexity index is 1020. The molecule has 0 radical (unpaired) electrons. The maximum atomic E-state index is 12.6. The molecular weight excluding hydrogens is 444 g/mol. The normalized spacial score (nSPS) is 17.9. The molecule has 2 atom stereocenters. The highest BCUT2D eigenvalue weighted by Gasteiger charge is 2.32. The van der Waals surface area contributed by atoms with Crippen molar-refractivity contribution in [3.8, 4) is 11.1 Å². The SMILES string of the molecule is CC(CCNC(=O)OCC1c2ccccc2-c2ccccc21)CCC(=O)N1CCCC[C@H]1C(=O)O. The number of carboxylic acids is 1. The first-order chi connectivity index (χ1) is 17.0. The molecule has 1 heterocycles. The van der Waals surface area contributed by atoms with Crippen molar-refractivity contribution >= 4 is 18.0 Å². The van der Waals surface area contributed by atoms with Crippen LogP contribution in [0, 0.1) is 5.92 Å². The third kappa shape index (κ3) is 5.84. The molecule has 0 saturated carbocycles. The molecule has 7 heteroatoms. The number of likely N-dealkylation sites (tertiary alicyclic amines) is 1. The van der Waals surface area contributed by atoms with E-state index in [4.69, 9.17) is 4.74 Å². The molecule has 1 aliphatic heterocycles. The molecule has 0 spiro atoms. The van der Waals surface area contributed by atoms with E-state index in [2.05, 4.69) is 29.6 Å². The summed E-state index contributed by atoms with van der Waals surface area (Å²) in [5, 5.41) is 12.2. The Labute approximate surface area is 206 Å². The van der Waals surface area contributed by atoms with Crippen LogP contribution in [0.1, 0.15) is 62.5 Å². The summed E-state index contributed by atoms with van der Waals surface area (Å²) >= 11 is 0. The summed E-state index contributed by atoms with van der Waals surface area (Å²) in [5.41, 5.74) is 4.75. The molecule has 2 aromatic rings. The van der Waals surface area contributed by atoms with Crippen molar-refractivity contribution in [2.75, 3.05) is 19.7 Å². The van der Waals surface area contributed by atoms with Gasteiger partial charge in [0.2, 0.25) is 5.91 Å². The van der Waals surface area contributed by atoms with Gasteiger partial charge in [-0.1, -0.05) is 55.5 Å². The molecule has 0 aromatic heterocycles. The smallest absolute Gasteiger partial charge is 0.407 e. The summed E-state index contributed by atoms with van der Waals surface area (Å²) in [4.78, 5) is 37.8. The number of carbonyl (C=O) groups is 3. The number of carboxylic acid groups (broad SMARTS) is 1. The van der Waals surface area contributed by atoms with Gasteiger partial charge in [-0.05, 0) is 60.3 Å². The molecule has 186 valence electrons. The largest absolute Gasteiger partial charge is 0.480 e. The molecule has 35 heavy (non-hydrogen) atoms. The zero-order valence-electron chi connectivity index (χ0n) is 20.2. The Morgan fingerprint density at radius 1 is 1.03 bits per heavy atom. The van der Waals surface area contributed by atoms with Gasteiger partial charge in [0.05, 0.1) is 0 Å². The number of hydrogen-bond acceptors (Lipinski definition) is 4. The van der Waals surface area contributed by atoms with Crippen molar-refractivity contribution in [1.82, 2.24) is 10.2 Å². The van der Waals surface area contributed by atoms with Gasteiger partial charge in [0.25, 0.3) is 0 Å². The number of nitrogens with zero attached hydrogens (tertiary/aromatic N) is 1. The fraction of sp³-hybridized carbons (Fsp3) is 0.464. The van der Waals surface area contributed by atoms with E-state index in [0.29, 0.717) is 32.4 Å². The molecule has 7 nitrogen and oxygen atoms in total. The van der Waals surface area contributed by atoms with Crippen LogP contribution in [-0.2, 0) is 14.3 Å². The van der Waals surface area contributed by atoms with Crippen molar-refractivity contribution in [2.45, 2.75) is 57.4 Å². The van der Waals surface area contributed by atoms with Crippen LogP contribution in [0.2, 0.25) is 0 Å². The number of amides is 2. The molecule has 1 aliphatic carbocycles. The standard InChI is InChI=1S/C28H34N2O5/c1-19(13-14-26(31)30-17-7-6-12-25(30)27(32)33)15-16-29-28(34)35-18-24-22-10-4-2-8-20(22)21-9-3-5-11-23(21)24/h2-5,8-11,19,24-25H,6-7,12-18H2,1H3,(H,29,34)(H,32,33)/t19?,25-/m0/s1. The first-order valence-electron chi connectivity index (χ1n) is 12.6. The molecule has 4 rings (SSSR count). The lowest BCUT2D eigenvalue weighted by atomic mass is 9.98. The minimum absolute atomic E-state index is 0.0301. The van der Waals surface area contributed by atoms with Crippen LogP contribution in [0.25, 0.3) is 11.1 Å².